The van der Waals surface area contributed by atoms with E-state index in [2.05, 4.69) is 15.4 Å². The number of halogens is 2. The zero-order chi connectivity index (χ0) is 17.2. The third kappa shape index (κ3) is 6.51. The first kappa shape index (κ1) is 18.0. The molecule has 122 valence electrons. The minimum absolute atomic E-state index is 0.0372. The number of allylic oxidation sites excluding steroid dienone is 2. The molecule has 1 rings (SSSR count). The van der Waals surface area contributed by atoms with Crippen LogP contribution in [0, 0.1) is 5.41 Å². The van der Waals surface area contributed by atoms with Gasteiger partial charge in [0.2, 0.25) is 11.6 Å². The van der Waals surface area contributed by atoms with Crippen LogP contribution in [0.5, 0.6) is 5.75 Å². The third-order valence-electron chi connectivity index (χ3n) is 2.44. The van der Waals surface area contributed by atoms with Gasteiger partial charge < -0.3 is 15.4 Å². The lowest BCUT2D eigenvalue weighted by molar-refractivity contribution is -0.112. The van der Waals surface area contributed by atoms with E-state index in [0.29, 0.717) is 5.69 Å². The van der Waals surface area contributed by atoms with Gasteiger partial charge in [-0.1, -0.05) is 6.07 Å². The van der Waals surface area contributed by atoms with Crippen LogP contribution in [0.2, 0.25) is 0 Å². The smallest absolute Gasteiger partial charge is 0.387 e. The molecule has 0 aromatic heterocycles. The highest BCUT2D eigenvalue weighted by molar-refractivity contribution is 6.69. The minimum atomic E-state index is -2.93. The second-order valence-electron chi connectivity index (χ2n) is 4.11. The Morgan fingerprint density at radius 2 is 1.87 bits per heavy atom. The molecule has 0 radical (unpaired) electrons. The topological polar surface area (TPSA) is 91.3 Å². The van der Waals surface area contributed by atoms with Crippen LogP contribution in [0.15, 0.2) is 48.8 Å². The number of rotatable bonds is 9. The second kappa shape index (κ2) is 9.08. The number of benzene rings is 1. The summed E-state index contributed by atoms with van der Waals surface area (Å²) in [7, 11) is 1.57. The molecule has 0 spiro atoms. The van der Waals surface area contributed by atoms with E-state index >= 15 is 0 Å². The van der Waals surface area contributed by atoms with Crippen molar-refractivity contribution >= 4 is 23.0 Å². The summed E-state index contributed by atoms with van der Waals surface area (Å²) >= 11 is 0. The Morgan fingerprint density at radius 3 is 2.48 bits per heavy atom. The highest BCUT2D eigenvalue weighted by Gasteiger charge is 2.12. The van der Waals surface area contributed by atoms with Gasteiger partial charge in [-0.15, -0.1) is 0 Å². The van der Waals surface area contributed by atoms with Crippen molar-refractivity contribution < 1.29 is 23.1 Å². The van der Waals surface area contributed by atoms with Crippen LogP contribution >= 0.6 is 0 Å². The largest absolute Gasteiger partial charge is 0.435 e. The Labute approximate surface area is 131 Å². The van der Waals surface area contributed by atoms with Gasteiger partial charge in [0.1, 0.15) is 11.5 Å². The predicted octanol–water partition coefficient (Wildman–Crippen LogP) is 2.10. The van der Waals surface area contributed by atoms with E-state index in [4.69, 9.17) is 5.41 Å². The average Bonchev–Trinajstić information content (AvgIpc) is 2.51. The molecule has 8 heteroatoms. The van der Waals surface area contributed by atoms with Crippen molar-refractivity contribution in [2.45, 2.75) is 6.61 Å². The monoisotopic (exact) mass is 323 g/mol. The van der Waals surface area contributed by atoms with Crippen LogP contribution in [-0.4, -0.2) is 30.9 Å². The number of ketones is 2. The van der Waals surface area contributed by atoms with E-state index in [0.717, 1.165) is 12.2 Å². The van der Waals surface area contributed by atoms with Crippen molar-refractivity contribution in [2.75, 3.05) is 12.4 Å². The summed E-state index contributed by atoms with van der Waals surface area (Å²) in [5, 5.41) is 12.6. The minimum Gasteiger partial charge on any atom is -0.435 e. The fourth-order valence-electron chi connectivity index (χ4n) is 1.42. The maximum absolute atomic E-state index is 12.1. The van der Waals surface area contributed by atoms with Crippen molar-refractivity contribution in [3.8, 4) is 5.75 Å². The molecular weight excluding hydrogens is 308 g/mol. The van der Waals surface area contributed by atoms with Gasteiger partial charge >= 0.3 is 6.61 Å². The van der Waals surface area contributed by atoms with E-state index in [1.54, 1.807) is 13.1 Å². The molecule has 0 unspecified atom stereocenters. The van der Waals surface area contributed by atoms with Crippen LogP contribution in [0.1, 0.15) is 0 Å². The van der Waals surface area contributed by atoms with E-state index in [1.165, 1.54) is 30.6 Å². The van der Waals surface area contributed by atoms with Gasteiger partial charge in [0.05, 0.1) is 0 Å². The lowest BCUT2D eigenvalue weighted by atomic mass is 10.1. The summed E-state index contributed by atoms with van der Waals surface area (Å²) in [4.78, 5) is 23.0. The standard InChI is InChI=1S/C15H15F2N3O3/c1-19-7-5-12(21)14(18)13(22)6-8-20-10-3-2-4-11(9-10)23-15(16)17/h2-9,15,18-20H,1H3/b7-5+,8-6-,18-14?. The number of ether oxygens (including phenoxy) is 1. The first-order valence-corrected chi connectivity index (χ1v) is 6.43. The van der Waals surface area contributed by atoms with Gasteiger partial charge in [0.15, 0.2) is 0 Å². The van der Waals surface area contributed by atoms with E-state index in [-0.39, 0.29) is 5.75 Å². The Balaban J connectivity index is 2.61. The quantitative estimate of drug-likeness (QED) is 0.368. The molecule has 0 bridgehead atoms. The van der Waals surface area contributed by atoms with Gasteiger partial charge in [0, 0.05) is 43.4 Å². The zero-order valence-electron chi connectivity index (χ0n) is 12.2. The molecule has 23 heavy (non-hydrogen) atoms. The Morgan fingerprint density at radius 1 is 1.22 bits per heavy atom. The first-order valence-electron chi connectivity index (χ1n) is 6.43. The molecule has 0 heterocycles. The van der Waals surface area contributed by atoms with Crippen LogP contribution in [0.3, 0.4) is 0 Å². The number of alkyl halides is 2. The van der Waals surface area contributed by atoms with Crippen molar-refractivity contribution in [3.63, 3.8) is 0 Å². The number of hydrogen-bond acceptors (Lipinski definition) is 6. The summed E-state index contributed by atoms with van der Waals surface area (Å²) in [6.07, 6.45) is 4.56. The van der Waals surface area contributed by atoms with E-state index in [1.807, 2.05) is 0 Å². The Hall–Kier alpha value is -3.03. The molecular formula is C15H15F2N3O3. The van der Waals surface area contributed by atoms with Crippen molar-refractivity contribution in [3.05, 3.63) is 48.8 Å². The van der Waals surface area contributed by atoms with Crippen LogP contribution in [-0.2, 0) is 9.59 Å². The van der Waals surface area contributed by atoms with Crippen molar-refractivity contribution in [2.24, 2.45) is 0 Å². The fourth-order valence-corrected chi connectivity index (χ4v) is 1.42. The number of anilines is 1. The number of carbonyl (C=O) groups is 2. The SMILES string of the molecule is CN/C=C/C(=O)C(=N)C(=O)/C=C\Nc1cccc(OC(F)F)c1. The molecule has 0 saturated carbocycles. The highest BCUT2D eigenvalue weighted by Crippen LogP contribution is 2.19. The lowest BCUT2D eigenvalue weighted by Crippen LogP contribution is -2.20. The zero-order valence-corrected chi connectivity index (χ0v) is 12.2. The average molecular weight is 323 g/mol. The number of carbonyl (C=O) groups excluding carboxylic acids is 2. The second-order valence-corrected chi connectivity index (χ2v) is 4.11. The maximum atomic E-state index is 12.1. The molecule has 3 N–H and O–H groups in total. The van der Waals surface area contributed by atoms with Crippen molar-refractivity contribution in [1.29, 1.82) is 5.41 Å². The molecule has 0 fully saturated rings. The normalized spacial score (nSPS) is 11.0. The van der Waals surface area contributed by atoms with Crippen molar-refractivity contribution in [1.82, 2.24) is 5.32 Å². The molecule has 0 saturated heterocycles. The molecule has 0 atom stereocenters. The summed E-state index contributed by atoms with van der Waals surface area (Å²) in [5.41, 5.74) is -0.288. The molecule has 1 aromatic carbocycles. The molecule has 6 nitrogen and oxygen atoms in total. The van der Waals surface area contributed by atoms with Gasteiger partial charge in [-0.3, -0.25) is 15.0 Å². The Bertz CT molecular complexity index is 643. The van der Waals surface area contributed by atoms with Crippen LogP contribution < -0.4 is 15.4 Å². The van der Waals surface area contributed by atoms with Gasteiger partial charge in [0.25, 0.3) is 0 Å². The fraction of sp³-hybridized carbons (Fsp3) is 0.133. The van der Waals surface area contributed by atoms with Crippen LogP contribution in [0.4, 0.5) is 14.5 Å². The summed E-state index contributed by atoms with van der Waals surface area (Å²) < 4.78 is 28.4. The highest BCUT2D eigenvalue weighted by atomic mass is 19.3. The number of hydrogen-bond donors (Lipinski definition) is 3. The molecule has 1 aromatic rings. The summed E-state index contributed by atoms with van der Waals surface area (Å²) in [5.74, 6) is -1.56. The van der Waals surface area contributed by atoms with Gasteiger partial charge in [-0.2, -0.15) is 8.78 Å². The van der Waals surface area contributed by atoms with Gasteiger partial charge in [-0.25, -0.2) is 0 Å². The predicted molar refractivity (Wildman–Crippen MR) is 81.8 cm³/mol. The van der Waals surface area contributed by atoms with E-state index in [9.17, 15) is 18.4 Å². The lowest BCUT2D eigenvalue weighted by Gasteiger charge is -2.06. The molecule has 0 aliphatic rings. The van der Waals surface area contributed by atoms with Crippen LogP contribution in [0.25, 0.3) is 0 Å². The molecule has 0 aliphatic carbocycles. The molecule has 0 aliphatic heterocycles. The number of nitrogens with one attached hydrogen (secondary N) is 3. The summed E-state index contributed by atoms with van der Waals surface area (Å²) in [6.45, 7) is -2.93. The third-order valence-corrected chi connectivity index (χ3v) is 2.44. The maximum Gasteiger partial charge on any atom is 0.387 e. The molecule has 0 amide bonds. The first-order chi connectivity index (χ1) is 10.9. The Kier molecular flexibility index (Phi) is 7.12. The van der Waals surface area contributed by atoms with E-state index < -0.39 is 23.9 Å². The summed E-state index contributed by atoms with van der Waals surface area (Å²) in [6, 6.07) is 5.73. The van der Waals surface area contributed by atoms with Gasteiger partial charge in [-0.05, 0) is 12.1 Å².